The highest BCUT2D eigenvalue weighted by atomic mass is 79.9. The largest absolute Gasteiger partial charge is 0.316 e. The van der Waals surface area contributed by atoms with Crippen molar-refractivity contribution in [2.45, 2.75) is 17.4 Å². The molecule has 0 spiro atoms. The first-order valence-electron chi connectivity index (χ1n) is 6.58. The minimum atomic E-state index is -0.203. The van der Waals surface area contributed by atoms with Crippen LogP contribution in [0.3, 0.4) is 0 Å². The van der Waals surface area contributed by atoms with E-state index in [0.29, 0.717) is 6.04 Å². The van der Waals surface area contributed by atoms with Gasteiger partial charge in [-0.2, -0.15) is 0 Å². The van der Waals surface area contributed by atoms with Crippen molar-refractivity contribution in [1.82, 2.24) is 5.32 Å². The summed E-state index contributed by atoms with van der Waals surface area (Å²) in [6.07, 6.45) is 0.858. The maximum atomic E-state index is 12.9. The van der Waals surface area contributed by atoms with Crippen LogP contribution in [0, 0.1) is 5.82 Å². The number of benzene rings is 2. The number of nitrogens with one attached hydrogen (secondary N) is 1. The zero-order chi connectivity index (χ0) is 15.2. The van der Waals surface area contributed by atoms with E-state index < -0.39 is 0 Å². The van der Waals surface area contributed by atoms with Gasteiger partial charge in [-0.25, -0.2) is 4.39 Å². The Kier molecular flexibility index (Phi) is 6.55. The van der Waals surface area contributed by atoms with Crippen LogP contribution in [0.15, 0.2) is 51.8 Å². The Balaban J connectivity index is 1.95. The fraction of sp³-hybridized carbons (Fsp3) is 0.250. The smallest absolute Gasteiger partial charge is 0.123 e. The van der Waals surface area contributed by atoms with Crippen molar-refractivity contribution in [3.05, 3.63) is 63.3 Å². The molecule has 0 aromatic heterocycles. The van der Waals surface area contributed by atoms with Crippen LogP contribution in [-0.2, 0) is 6.42 Å². The summed E-state index contributed by atoms with van der Waals surface area (Å²) >= 11 is 11.4. The van der Waals surface area contributed by atoms with Crippen LogP contribution in [0.5, 0.6) is 0 Å². The Labute approximate surface area is 142 Å². The zero-order valence-electron chi connectivity index (χ0n) is 11.6. The van der Waals surface area contributed by atoms with E-state index in [4.69, 9.17) is 11.6 Å². The van der Waals surface area contributed by atoms with Crippen molar-refractivity contribution in [3.63, 3.8) is 0 Å². The van der Waals surface area contributed by atoms with E-state index in [1.807, 2.05) is 25.2 Å². The van der Waals surface area contributed by atoms with E-state index in [1.54, 1.807) is 23.9 Å². The molecule has 2 aromatic rings. The van der Waals surface area contributed by atoms with Crippen LogP contribution in [0.4, 0.5) is 4.39 Å². The number of hydrogen-bond donors (Lipinski definition) is 1. The first-order chi connectivity index (χ1) is 10.1. The molecule has 2 aromatic carbocycles. The first kappa shape index (κ1) is 16.8. The van der Waals surface area contributed by atoms with Gasteiger partial charge in [0.05, 0.1) is 0 Å². The molecule has 0 amide bonds. The Morgan fingerprint density at radius 1 is 1.24 bits per heavy atom. The second-order valence-electron chi connectivity index (χ2n) is 4.69. The standard InChI is InChI=1S/C16H16BrClFNS/c1-20-14(8-11-2-3-12(17)9-16(11)18)10-21-15-6-4-13(19)5-7-15/h2-7,9,14,20H,8,10H2,1H3. The zero-order valence-corrected chi connectivity index (χ0v) is 14.7. The molecule has 0 aliphatic rings. The highest BCUT2D eigenvalue weighted by Crippen LogP contribution is 2.24. The molecule has 1 atom stereocenters. The Bertz CT molecular complexity index is 591. The van der Waals surface area contributed by atoms with Gasteiger partial charge in [-0.15, -0.1) is 11.8 Å². The number of likely N-dealkylation sites (N-methyl/N-ethyl adjacent to an activating group) is 1. The molecule has 0 saturated heterocycles. The maximum absolute atomic E-state index is 12.9. The van der Waals surface area contributed by atoms with Gasteiger partial charge in [0.25, 0.3) is 0 Å². The van der Waals surface area contributed by atoms with Crippen LogP contribution in [-0.4, -0.2) is 18.8 Å². The SMILES string of the molecule is CNC(CSc1ccc(F)cc1)Cc1ccc(Br)cc1Cl. The van der Waals surface area contributed by atoms with Crippen LogP contribution < -0.4 is 5.32 Å². The fourth-order valence-electron chi connectivity index (χ4n) is 1.92. The van der Waals surface area contributed by atoms with Gasteiger partial charge >= 0.3 is 0 Å². The molecule has 1 nitrogen and oxygen atoms in total. The molecule has 112 valence electrons. The lowest BCUT2D eigenvalue weighted by Crippen LogP contribution is -2.30. The number of rotatable bonds is 6. The second kappa shape index (κ2) is 8.18. The summed E-state index contributed by atoms with van der Waals surface area (Å²) < 4.78 is 13.9. The number of hydrogen-bond acceptors (Lipinski definition) is 2. The third-order valence-corrected chi connectivity index (χ3v) is 5.17. The molecule has 0 radical (unpaired) electrons. The summed E-state index contributed by atoms with van der Waals surface area (Å²) in [5, 5.41) is 4.08. The summed E-state index contributed by atoms with van der Waals surface area (Å²) in [6.45, 7) is 0. The van der Waals surface area contributed by atoms with E-state index in [0.717, 1.165) is 32.1 Å². The van der Waals surface area contributed by atoms with E-state index in [9.17, 15) is 4.39 Å². The number of halogens is 3. The highest BCUT2D eigenvalue weighted by molar-refractivity contribution is 9.10. The fourth-order valence-corrected chi connectivity index (χ4v) is 3.68. The van der Waals surface area contributed by atoms with E-state index in [2.05, 4.69) is 21.2 Å². The van der Waals surface area contributed by atoms with E-state index >= 15 is 0 Å². The molecule has 0 saturated carbocycles. The first-order valence-corrected chi connectivity index (χ1v) is 8.73. The minimum Gasteiger partial charge on any atom is -0.316 e. The normalized spacial score (nSPS) is 12.4. The highest BCUT2D eigenvalue weighted by Gasteiger charge is 2.11. The van der Waals surface area contributed by atoms with Crippen molar-refractivity contribution >= 4 is 39.3 Å². The summed E-state index contributed by atoms with van der Waals surface area (Å²) in [5.41, 5.74) is 1.12. The topological polar surface area (TPSA) is 12.0 Å². The van der Waals surface area contributed by atoms with Crippen LogP contribution in [0.2, 0.25) is 5.02 Å². The van der Waals surface area contributed by atoms with Gasteiger partial charge in [-0.05, 0) is 55.4 Å². The monoisotopic (exact) mass is 387 g/mol. The predicted molar refractivity (Wildman–Crippen MR) is 92.8 cm³/mol. The third-order valence-electron chi connectivity index (χ3n) is 3.15. The molecular formula is C16H16BrClFNS. The Hall–Kier alpha value is -0.550. The summed E-state index contributed by atoms with van der Waals surface area (Å²) in [5.74, 6) is 0.695. The minimum absolute atomic E-state index is 0.203. The predicted octanol–water partition coefficient (Wildman–Crippen LogP) is 5.16. The summed E-state index contributed by atoms with van der Waals surface area (Å²) in [7, 11) is 1.95. The molecule has 0 heterocycles. The molecule has 2 rings (SSSR count). The lowest BCUT2D eigenvalue weighted by molar-refractivity contribution is 0.617. The van der Waals surface area contributed by atoms with Crippen molar-refractivity contribution in [2.24, 2.45) is 0 Å². The Morgan fingerprint density at radius 2 is 1.95 bits per heavy atom. The molecule has 0 aliphatic heterocycles. The molecule has 0 fully saturated rings. The van der Waals surface area contributed by atoms with Crippen LogP contribution in [0.25, 0.3) is 0 Å². The van der Waals surface area contributed by atoms with Gasteiger partial charge in [0.2, 0.25) is 0 Å². The van der Waals surface area contributed by atoms with Crippen molar-refractivity contribution in [3.8, 4) is 0 Å². The van der Waals surface area contributed by atoms with Crippen LogP contribution in [0.1, 0.15) is 5.56 Å². The average molecular weight is 389 g/mol. The lowest BCUT2D eigenvalue weighted by Gasteiger charge is -2.17. The summed E-state index contributed by atoms with van der Waals surface area (Å²) in [6, 6.07) is 12.8. The molecule has 0 bridgehead atoms. The lowest BCUT2D eigenvalue weighted by atomic mass is 10.1. The average Bonchev–Trinajstić information content (AvgIpc) is 2.47. The van der Waals surface area contributed by atoms with Gasteiger partial charge in [-0.3, -0.25) is 0 Å². The quantitative estimate of drug-likeness (QED) is 0.686. The molecular weight excluding hydrogens is 373 g/mol. The van der Waals surface area contributed by atoms with Crippen LogP contribution >= 0.6 is 39.3 Å². The molecule has 1 N–H and O–H groups in total. The molecule has 21 heavy (non-hydrogen) atoms. The van der Waals surface area contributed by atoms with E-state index in [-0.39, 0.29) is 5.82 Å². The van der Waals surface area contributed by atoms with Gasteiger partial charge in [0.15, 0.2) is 0 Å². The molecule has 0 aliphatic carbocycles. The number of thioether (sulfide) groups is 1. The van der Waals surface area contributed by atoms with Gasteiger partial charge in [-0.1, -0.05) is 33.6 Å². The van der Waals surface area contributed by atoms with Crippen molar-refractivity contribution < 1.29 is 4.39 Å². The maximum Gasteiger partial charge on any atom is 0.123 e. The van der Waals surface area contributed by atoms with Gasteiger partial charge in [0.1, 0.15) is 5.82 Å². The Morgan fingerprint density at radius 3 is 2.57 bits per heavy atom. The van der Waals surface area contributed by atoms with Gasteiger partial charge in [0, 0.05) is 26.2 Å². The summed E-state index contributed by atoms with van der Waals surface area (Å²) in [4.78, 5) is 1.07. The molecule has 1 unspecified atom stereocenters. The molecule has 5 heteroatoms. The van der Waals surface area contributed by atoms with Crippen molar-refractivity contribution in [1.29, 1.82) is 0 Å². The van der Waals surface area contributed by atoms with Crippen molar-refractivity contribution in [2.75, 3.05) is 12.8 Å². The second-order valence-corrected chi connectivity index (χ2v) is 7.11. The third kappa shape index (κ3) is 5.29. The van der Waals surface area contributed by atoms with E-state index in [1.165, 1.54) is 12.1 Å². The van der Waals surface area contributed by atoms with Gasteiger partial charge < -0.3 is 5.32 Å².